The molecule has 2 aromatic rings. The monoisotopic (exact) mass is 369 g/mol. The largest absolute Gasteiger partial charge is 0.416 e. The van der Waals surface area contributed by atoms with Crippen LogP contribution in [-0.4, -0.2) is 21.4 Å². The lowest BCUT2D eigenvalue weighted by Crippen LogP contribution is -2.36. The number of halogens is 4. The molecule has 0 spiro atoms. The van der Waals surface area contributed by atoms with Crippen LogP contribution < -0.4 is 5.56 Å². The molecule has 0 fully saturated rings. The Morgan fingerprint density at radius 2 is 2.04 bits per heavy atom. The van der Waals surface area contributed by atoms with Gasteiger partial charge in [-0.15, -0.1) is 0 Å². The highest BCUT2D eigenvalue weighted by Gasteiger charge is 2.31. The molecule has 4 nitrogen and oxygen atoms in total. The normalized spacial score (nSPS) is 15.3. The van der Waals surface area contributed by atoms with E-state index in [-0.39, 0.29) is 30.1 Å². The maximum Gasteiger partial charge on any atom is 0.416 e. The minimum Gasteiger partial charge on any atom is -0.310 e. The summed E-state index contributed by atoms with van der Waals surface area (Å²) in [5.74, 6) is -0.156. The van der Waals surface area contributed by atoms with Crippen LogP contribution in [0, 0.1) is 5.82 Å². The summed E-state index contributed by atoms with van der Waals surface area (Å²) in [5.41, 5.74) is 0.222. The van der Waals surface area contributed by atoms with Gasteiger partial charge in [0.25, 0.3) is 5.56 Å². The van der Waals surface area contributed by atoms with Crippen LogP contribution in [0.2, 0.25) is 0 Å². The lowest BCUT2D eigenvalue weighted by Gasteiger charge is -2.28. The summed E-state index contributed by atoms with van der Waals surface area (Å²) >= 11 is 0. The molecule has 0 saturated heterocycles. The number of rotatable bonds is 3. The number of hydrogen-bond acceptors (Lipinski definition) is 3. The van der Waals surface area contributed by atoms with Gasteiger partial charge in [0, 0.05) is 37.5 Å². The van der Waals surface area contributed by atoms with Gasteiger partial charge in [-0.05, 0) is 12.1 Å². The zero-order chi connectivity index (χ0) is 19.1. The summed E-state index contributed by atoms with van der Waals surface area (Å²) < 4.78 is 52.0. The van der Waals surface area contributed by atoms with E-state index in [0.29, 0.717) is 30.4 Å². The van der Waals surface area contributed by atoms with E-state index in [1.807, 2.05) is 18.7 Å². The molecule has 0 atom stereocenters. The molecule has 8 heteroatoms. The highest BCUT2D eigenvalue weighted by molar-refractivity contribution is 5.27. The van der Waals surface area contributed by atoms with Crippen molar-refractivity contribution in [3.05, 3.63) is 62.6 Å². The molecule has 1 N–H and O–H groups in total. The highest BCUT2D eigenvalue weighted by atomic mass is 19.4. The van der Waals surface area contributed by atoms with Gasteiger partial charge in [-0.1, -0.05) is 19.9 Å². The van der Waals surface area contributed by atoms with Crippen LogP contribution in [0.15, 0.2) is 23.0 Å². The number of nitrogens with one attached hydrogen (secondary N) is 1. The van der Waals surface area contributed by atoms with Crippen LogP contribution in [-0.2, 0) is 25.7 Å². The van der Waals surface area contributed by atoms with Gasteiger partial charge in [0.05, 0.1) is 16.8 Å². The SMILES string of the molecule is CC(C)c1nc2c(c(=O)[nH]1)CN(Cc1ccc(C(F)(F)F)cc1F)CC2. The first-order valence-electron chi connectivity index (χ1n) is 8.35. The Hall–Kier alpha value is -2.22. The first-order chi connectivity index (χ1) is 12.1. The predicted octanol–water partition coefficient (Wildman–Crippen LogP) is 3.61. The van der Waals surface area contributed by atoms with Crippen molar-refractivity contribution in [2.75, 3.05) is 6.54 Å². The Labute approximate surface area is 147 Å². The molecule has 26 heavy (non-hydrogen) atoms. The van der Waals surface area contributed by atoms with Crippen molar-refractivity contribution in [3.8, 4) is 0 Å². The molecular weight excluding hydrogens is 350 g/mol. The van der Waals surface area contributed by atoms with Crippen LogP contribution in [0.5, 0.6) is 0 Å². The zero-order valence-electron chi connectivity index (χ0n) is 14.5. The number of fused-ring (bicyclic) bond motifs is 1. The van der Waals surface area contributed by atoms with E-state index in [9.17, 15) is 22.4 Å². The van der Waals surface area contributed by atoms with E-state index in [1.165, 1.54) is 0 Å². The number of alkyl halides is 3. The second kappa shape index (κ2) is 6.83. The maximum absolute atomic E-state index is 14.0. The van der Waals surface area contributed by atoms with Gasteiger partial charge in [-0.2, -0.15) is 13.2 Å². The second-order valence-corrected chi connectivity index (χ2v) is 6.80. The van der Waals surface area contributed by atoms with E-state index in [1.54, 1.807) is 0 Å². The van der Waals surface area contributed by atoms with Crippen molar-refractivity contribution in [3.63, 3.8) is 0 Å². The molecule has 3 rings (SSSR count). The van der Waals surface area contributed by atoms with E-state index in [4.69, 9.17) is 0 Å². The Morgan fingerprint density at radius 1 is 1.31 bits per heavy atom. The van der Waals surface area contributed by atoms with Gasteiger partial charge < -0.3 is 4.98 Å². The maximum atomic E-state index is 14.0. The molecule has 0 saturated carbocycles. The Kier molecular flexibility index (Phi) is 4.88. The molecule has 0 radical (unpaired) electrons. The number of aromatic nitrogens is 2. The number of benzene rings is 1. The van der Waals surface area contributed by atoms with Crippen LogP contribution in [0.3, 0.4) is 0 Å². The fraction of sp³-hybridized carbons (Fsp3) is 0.444. The van der Waals surface area contributed by atoms with Gasteiger partial charge in [-0.25, -0.2) is 9.37 Å². The van der Waals surface area contributed by atoms with Crippen molar-refractivity contribution in [1.29, 1.82) is 0 Å². The predicted molar refractivity (Wildman–Crippen MR) is 88.2 cm³/mol. The molecule has 0 amide bonds. The quantitative estimate of drug-likeness (QED) is 0.841. The third-order valence-electron chi connectivity index (χ3n) is 4.49. The summed E-state index contributed by atoms with van der Waals surface area (Å²) in [6.45, 7) is 4.85. The molecule has 140 valence electrons. The second-order valence-electron chi connectivity index (χ2n) is 6.80. The summed E-state index contributed by atoms with van der Waals surface area (Å²) in [5, 5.41) is 0. The van der Waals surface area contributed by atoms with Crippen molar-refractivity contribution < 1.29 is 17.6 Å². The molecule has 0 bridgehead atoms. The molecule has 0 aliphatic carbocycles. The average molecular weight is 369 g/mol. The number of nitrogens with zero attached hydrogens (tertiary/aromatic N) is 2. The van der Waals surface area contributed by atoms with Crippen molar-refractivity contribution in [2.24, 2.45) is 0 Å². The summed E-state index contributed by atoms with van der Waals surface area (Å²) in [6, 6.07) is 2.54. The topological polar surface area (TPSA) is 49.0 Å². The van der Waals surface area contributed by atoms with Crippen LogP contribution >= 0.6 is 0 Å². The summed E-state index contributed by atoms with van der Waals surface area (Å²) in [6.07, 6.45) is -4.03. The molecule has 1 aromatic heterocycles. The lowest BCUT2D eigenvalue weighted by atomic mass is 10.0. The van der Waals surface area contributed by atoms with Gasteiger partial charge >= 0.3 is 6.18 Å². The summed E-state index contributed by atoms with van der Waals surface area (Å²) in [4.78, 5) is 21.4. The molecule has 1 aliphatic rings. The van der Waals surface area contributed by atoms with Gasteiger partial charge in [0.15, 0.2) is 0 Å². The molecule has 1 aromatic carbocycles. The standard InChI is InChI=1S/C18H19F4N3O/c1-10(2)16-23-15-5-6-25(9-13(15)17(26)24-16)8-11-3-4-12(7-14(11)19)18(20,21)22/h3-4,7,10H,5-6,8-9H2,1-2H3,(H,23,24,26). The van der Waals surface area contributed by atoms with Crippen LogP contribution in [0.4, 0.5) is 17.6 Å². The van der Waals surface area contributed by atoms with Gasteiger partial charge in [0.2, 0.25) is 0 Å². The molecule has 0 unspecified atom stereocenters. The van der Waals surface area contributed by atoms with Crippen LogP contribution in [0.1, 0.15) is 48.0 Å². The summed E-state index contributed by atoms with van der Waals surface area (Å²) in [7, 11) is 0. The van der Waals surface area contributed by atoms with E-state index >= 15 is 0 Å². The van der Waals surface area contributed by atoms with Crippen LogP contribution in [0.25, 0.3) is 0 Å². The minimum absolute atomic E-state index is 0.104. The Bertz CT molecular complexity index is 874. The lowest BCUT2D eigenvalue weighted by molar-refractivity contribution is -0.137. The highest BCUT2D eigenvalue weighted by Crippen LogP contribution is 2.30. The Balaban J connectivity index is 1.79. The van der Waals surface area contributed by atoms with E-state index in [2.05, 4.69) is 9.97 Å². The van der Waals surface area contributed by atoms with E-state index in [0.717, 1.165) is 17.8 Å². The molecule has 2 heterocycles. The smallest absolute Gasteiger partial charge is 0.310 e. The van der Waals surface area contributed by atoms with Crippen molar-refractivity contribution in [2.45, 2.75) is 45.5 Å². The molecule has 1 aliphatic heterocycles. The fourth-order valence-corrected chi connectivity index (χ4v) is 3.00. The average Bonchev–Trinajstić information content (AvgIpc) is 2.56. The third kappa shape index (κ3) is 3.80. The zero-order valence-corrected chi connectivity index (χ0v) is 14.5. The van der Waals surface area contributed by atoms with Gasteiger partial charge in [-0.3, -0.25) is 9.69 Å². The Morgan fingerprint density at radius 3 is 2.65 bits per heavy atom. The molecular formula is C18H19F4N3O. The number of H-pyrrole nitrogens is 1. The number of aromatic amines is 1. The van der Waals surface area contributed by atoms with Crippen molar-refractivity contribution in [1.82, 2.24) is 14.9 Å². The minimum atomic E-state index is -4.57. The van der Waals surface area contributed by atoms with Gasteiger partial charge in [0.1, 0.15) is 11.6 Å². The third-order valence-corrected chi connectivity index (χ3v) is 4.49. The first kappa shape index (κ1) is 18.6. The van der Waals surface area contributed by atoms with E-state index < -0.39 is 17.6 Å². The fourth-order valence-electron chi connectivity index (χ4n) is 3.00. The number of hydrogen-bond donors (Lipinski definition) is 1. The van der Waals surface area contributed by atoms with Crippen molar-refractivity contribution >= 4 is 0 Å². The first-order valence-corrected chi connectivity index (χ1v) is 8.35.